The zero-order valence-electron chi connectivity index (χ0n) is 6.11. The molecule has 0 fully saturated rings. The molecule has 1 aromatic heterocycles. The van der Waals surface area contributed by atoms with E-state index in [1.54, 1.807) is 0 Å². The number of alkyl halides is 2. The molecular weight excluding hydrogens is 174 g/mol. The summed E-state index contributed by atoms with van der Waals surface area (Å²) in [5.74, 6) is -2.59. The van der Waals surface area contributed by atoms with Gasteiger partial charge in [0.05, 0.1) is 17.5 Å². The molecule has 0 aliphatic heterocycles. The first-order valence-electron chi connectivity index (χ1n) is 3.12. The molecule has 0 saturated heterocycles. The number of nitrogens with zero attached hydrogens (tertiary/aromatic N) is 1. The lowest BCUT2D eigenvalue weighted by atomic mass is 10.2. The van der Waals surface area contributed by atoms with E-state index in [9.17, 15) is 17.6 Å². The molecule has 0 spiro atoms. The lowest BCUT2D eigenvalue weighted by Crippen LogP contribution is -2.00. The van der Waals surface area contributed by atoms with Crippen LogP contribution in [0.3, 0.4) is 0 Å². The third-order valence-corrected chi connectivity index (χ3v) is 1.40. The Morgan fingerprint density at radius 3 is 2.33 bits per heavy atom. The Labute approximate surface area is 66.0 Å². The summed E-state index contributed by atoms with van der Waals surface area (Å²) in [6.07, 6.45) is -2.56. The molecule has 1 rings (SSSR count). The van der Waals surface area contributed by atoms with Crippen LogP contribution in [0.4, 0.5) is 17.6 Å². The second-order valence-electron chi connectivity index (χ2n) is 2.22. The predicted molar refractivity (Wildman–Crippen MR) is 33.8 cm³/mol. The van der Waals surface area contributed by atoms with Gasteiger partial charge in [0.1, 0.15) is 0 Å². The van der Waals surface area contributed by atoms with Crippen molar-refractivity contribution in [2.75, 3.05) is 0 Å². The molecule has 0 bridgehead atoms. The highest BCUT2D eigenvalue weighted by Crippen LogP contribution is 2.25. The molecule has 0 saturated carbocycles. The molecule has 1 aromatic rings. The summed E-state index contributed by atoms with van der Waals surface area (Å²) in [5, 5.41) is 0. The van der Waals surface area contributed by atoms with Gasteiger partial charge in [-0.3, -0.25) is 4.98 Å². The molecule has 0 atom stereocenters. The minimum absolute atomic E-state index is 0.230. The van der Waals surface area contributed by atoms with Gasteiger partial charge in [0.25, 0.3) is 6.43 Å². The fourth-order valence-corrected chi connectivity index (χ4v) is 0.779. The largest absolute Gasteiger partial charge is 0.269 e. The zero-order valence-corrected chi connectivity index (χ0v) is 6.11. The number of aromatic nitrogens is 1. The van der Waals surface area contributed by atoms with Crippen LogP contribution in [0.15, 0.2) is 6.20 Å². The molecule has 1 heterocycles. The minimum Gasteiger partial charge on any atom is -0.255 e. The monoisotopic (exact) mass is 179 g/mol. The van der Waals surface area contributed by atoms with Crippen molar-refractivity contribution in [3.63, 3.8) is 0 Å². The molecule has 5 heteroatoms. The fraction of sp³-hybridized carbons (Fsp3) is 0.286. The van der Waals surface area contributed by atoms with Crippen LogP contribution in [0.5, 0.6) is 0 Å². The molecule has 1 nitrogen and oxygen atoms in total. The van der Waals surface area contributed by atoms with E-state index in [1.165, 1.54) is 6.92 Å². The van der Waals surface area contributed by atoms with Gasteiger partial charge in [0.2, 0.25) is 0 Å². The molecule has 0 N–H and O–H groups in total. The van der Waals surface area contributed by atoms with Crippen LogP contribution in [0.2, 0.25) is 0 Å². The van der Waals surface area contributed by atoms with Crippen molar-refractivity contribution >= 4 is 0 Å². The van der Waals surface area contributed by atoms with E-state index in [0.29, 0.717) is 6.20 Å². The molecular formula is C7H5F4N. The Balaban J connectivity index is 3.33. The average molecular weight is 179 g/mol. The van der Waals surface area contributed by atoms with Crippen LogP contribution in [-0.4, -0.2) is 4.98 Å². The lowest BCUT2D eigenvalue weighted by molar-refractivity contribution is 0.140. The lowest BCUT2D eigenvalue weighted by Gasteiger charge is -2.04. The molecule has 0 aliphatic carbocycles. The number of pyridine rings is 1. The van der Waals surface area contributed by atoms with Crippen LogP contribution in [-0.2, 0) is 0 Å². The van der Waals surface area contributed by atoms with Gasteiger partial charge in [-0.2, -0.15) is 0 Å². The summed E-state index contributed by atoms with van der Waals surface area (Å²) in [4.78, 5) is 3.24. The summed E-state index contributed by atoms with van der Waals surface area (Å²) in [6, 6.07) is 0. The molecule has 66 valence electrons. The molecule has 0 radical (unpaired) electrons. The highest BCUT2D eigenvalue weighted by molar-refractivity contribution is 5.21. The van der Waals surface area contributed by atoms with Crippen LogP contribution >= 0.6 is 0 Å². The van der Waals surface area contributed by atoms with Crippen molar-refractivity contribution in [3.05, 3.63) is 29.1 Å². The highest BCUT2D eigenvalue weighted by Gasteiger charge is 2.20. The summed E-state index contributed by atoms with van der Waals surface area (Å²) in [7, 11) is 0. The number of hydrogen-bond donors (Lipinski definition) is 0. The van der Waals surface area contributed by atoms with Gasteiger partial charge in [-0.25, -0.2) is 17.6 Å². The van der Waals surface area contributed by atoms with Crippen LogP contribution in [0.25, 0.3) is 0 Å². The molecule has 0 aliphatic rings. The number of hydrogen-bond acceptors (Lipinski definition) is 1. The molecule has 0 unspecified atom stereocenters. The van der Waals surface area contributed by atoms with E-state index in [-0.39, 0.29) is 5.69 Å². The maximum absolute atomic E-state index is 12.7. The normalized spacial score (nSPS) is 10.8. The zero-order chi connectivity index (χ0) is 9.30. The van der Waals surface area contributed by atoms with Crippen molar-refractivity contribution in [1.82, 2.24) is 4.98 Å². The second kappa shape index (κ2) is 3.08. The predicted octanol–water partition coefficient (Wildman–Crippen LogP) is 2.61. The van der Waals surface area contributed by atoms with Crippen molar-refractivity contribution in [2.24, 2.45) is 0 Å². The van der Waals surface area contributed by atoms with E-state index in [2.05, 4.69) is 4.98 Å². The molecule has 12 heavy (non-hydrogen) atoms. The SMILES string of the molecule is Cc1ncc(F)c(C(F)F)c1F. The number of rotatable bonds is 1. The van der Waals surface area contributed by atoms with Crippen LogP contribution in [0.1, 0.15) is 17.7 Å². The van der Waals surface area contributed by atoms with E-state index >= 15 is 0 Å². The summed E-state index contributed by atoms with van der Waals surface area (Å²) < 4.78 is 49.2. The van der Waals surface area contributed by atoms with Crippen molar-refractivity contribution in [1.29, 1.82) is 0 Å². The third kappa shape index (κ3) is 1.39. The van der Waals surface area contributed by atoms with Gasteiger partial charge in [0, 0.05) is 0 Å². The topological polar surface area (TPSA) is 12.9 Å². The second-order valence-corrected chi connectivity index (χ2v) is 2.22. The van der Waals surface area contributed by atoms with E-state index in [4.69, 9.17) is 0 Å². The van der Waals surface area contributed by atoms with Gasteiger partial charge in [-0.05, 0) is 6.92 Å². The van der Waals surface area contributed by atoms with Gasteiger partial charge in [-0.1, -0.05) is 0 Å². The van der Waals surface area contributed by atoms with Crippen molar-refractivity contribution in [3.8, 4) is 0 Å². The Hall–Kier alpha value is -1.13. The van der Waals surface area contributed by atoms with Gasteiger partial charge < -0.3 is 0 Å². The van der Waals surface area contributed by atoms with Gasteiger partial charge >= 0.3 is 0 Å². The maximum Gasteiger partial charge on any atom is 0.269 e. The van der Waals surface area contributed by atoms with Gasteiger partial charge in [0.15, 0.2) is 11.6 Å². The van der Waals surface area contributed by atoms with Crippen molar-refractivity contribution < 1.29 is 17.6 Å². The first kappa shape index (κ1) is 8.96. The number of halogens is 4. The standard InChI is InChI=1S/C7H5F4N/c1-3-6(9)5(7(10)11)4(8)2-12-3/h2,7H,1H3. The number of aryl methyl sites for hydroxylation is 1. The maximum atomic E-state index is 12.7. The molecule has 0 amide bonds. The quantitative estimate of drug-likeness (QED) is 0.604. The Morgan fingerprint density at radius 1 is 1.33 bits per heavy atom. The first-order valence-corrected chi connectivity index (χ1v) is 3.12. The Bertz CT molecular complexity index is 298. The minimum atomic E-state index is -3.15. The Morgan fingerprint density at radius 2 is 1.92 bits per heavy atom. The van der Waals surface area contributed by atoms with E-state index in [1.807, 2.05) is 0 Å². The smallest absolute Gasteiger partial charge is 0.255 e. The molecule has 0 aromatic carbocycles. The Kier molecular flexibility index (Phi) is 2.30. The van der Waals surface area contributed by atoms with E-state index < -0.39 is 23.6 Å². The van der Waals surface area contributed by atoms with Gasteiger partial charge in [-0.15, -0.1) is 0 Å². The highest BCUT2D eigenvalue weighted by atomic mass is 19.3. The first-order chi connectivity index (χ1) is 5.54. The van der Waals surface area contributed by atoms with Crippen LogP contribution < -0.4 is 0 Å². The summed E-state index contributed by atoms with van der Waals surface area (Å²) >= 11 is 0. The summed E-state index contributed by atoms with van der Waals surface area (Å²) in [6.45, 7) is 1.20. The summed E-state index contributed by atoms with van der Waals surface area (Å²) in [5.41, 5.74) is -1.44. The third-order valence-electron chi connectivity index (χ3n) is 1.40. The van der Waals surface area contributed by atoms with E-state index in [0.717, 1.165) is 0 Å². The average Bonchev–Trinajstić information content (AvgIpc) is 1.97. The van der Waals surface area contributed by atoms with Crippen LogP contribution in [0, 0.1) is 18.6 Å². The fourth-order valence-electron chi connectivity index (χ4n) is 0.779. The van der Waals surface area contributed by atoms with Crippen molar-refractivity contribution in [2.45, 2.75) is 13.3 Å².